The molecule has 0 unspecified atom stereocenters. The fourth-order valence-corrected chi connectivity index (χ4v) is 3.13. The molecule has 0 aliphatic carbocycles. The molecule has 0 saturated carbocycles. The maximum absolute atomic E-state index is 5.44. The van der Waals surface area contributed by atoms with Gasteiger partial charge in [0.15, 0.2) is 0 Å². The van der Waals surface area contributed by atoms with Crippen LogP contribution in [0.1, 0.15) is 29.7 Å². The van der Waals surface area contributed by atoms with Crippen LogP contribution in [0, 0.1) is 0 Å². The highest BCUT2D eigenvalue weighted by Crippen LogP contribution is 2.13. The van der Waals surface area contributed by atoms with Crippen molar-refractivity contribution in [2.24, 2.45) is 0 Å². The number of thiocarbonyl (C=S) groups is 1. The van der Waals surface area contributed by atoms with E-state index in [0.717, 1.165) is 12.8 Å². The number of aryl methyl sites for hydroxylation is 1. The van der Waals surface area contributed by atoms with Gasteiger partial charge in [0.1, 0.15) is 0 Å². The highest BCUT2D eigenvalue weighted by Gasteiger charge is 2.01. The van der Waals surface area contributed by atoms with Crippen molar-refractivity contribution in [1.29, 1.82) is 0 Å². The molecule has 1 aromatic carbocycles. The maximum Gasteiger partial charge on any atom is 0.0133 e. The molecule has 0 aliphatic heterocycles. The topological polar surface area (TPSA) is 0 Å². The first-order chi connectivity index (χ1) is 8.84. The largest absolute Gasteiger partial charge is 0.149 e. The van der Waals surface area contributed by atoms with Gasteiger partial charge in [-0.3, -0.25) is 0 Å². The van der Waals surface area contributed by atoms with Crippen LogP contribution >= 0.6 is 23.6 Å². The monoisotopic (exact) mass is 274 g/mol. The molecule has 0 radical (unpaired) electrons. The van der Waals surface area contributed by atoms with Gasteiger partial charge in [0.2, 0.25) is 0 Å². The average molecular weight is 274 g/mol. The summed E-state index contributed by atoms with van der Waals surface area (Å²) in [5.41, 5.74) is 1.43. The van der Waals surface area contributed by atoms with Crippen molar-refractivity contribution in [2.45, 2.75) is 32.1 Å². The molecule has 0 spiro atoms. The SMILES string of the molecule is S=C(CCCCc1ccccc1)Cc1cccs1. The first-order valence-corrected chi connectivity index (χ1v) is 7.71. The lowest BCUT2D eigenvalue weighted by molar-refractivity contribution is 0.762. The fourth-order valence-electron chi connectivity index (χ4n) is 1.99. The Morgan fingerprint density at radius 2 is 1.83 bits per heavy atom. The van der Waals surface area contributed by atoms with Crippen LogP contribution < -0.4 is 0 Å². The van der Waals surface area contributed by atoms with Gasteiger partial charge < -0.3 is 0 Å². The van der Waals surface area contributed by atoms with E-state index in [1.807, 2.05) is 0 Å². The van der Waals surface area contributed by atoms with Crippen molar-refractivity contribution in [3.63, 3.8) is 0 Å². The quantitative estimate of drug-likeness (QED) is 0.501. The second kappa shape index (κ2) is 7.45. The summed E-state index contributed by atoms with van der Waals surface area (Å²) in [6.45, 7) is 0. The van der Waals surface area contributed by atoms with E-state index < -0.39 is 0 Å². The second-order valence-electron chi connectivity index (χ2n) is 4.49. The Bertz CT molecular complexity index is 457. The molecule has 0 N–H and O–H groups in total. The predicted molar refractivity (Wildman–Crippen MR) is 84.6 cm³/mol. The van der Waals surface area contributed by atoms with Crippen molar-refractivity contribution in [3.05, 3.63) is 58.3 Å². The summed E-state index contributed by atoms with van der Waals surface area (Å²) < 4.78 is 0. The zero-order valence-electron chi connectivity index (χ0n) is 10.5. The van der Waals surface area contributed by atoms with Crippen LogP contribution in [-0.2, 0) is 12.8 Å². The smallest absolute Gasteiger partial charge is 0.0133 e. The van der Waals surface area contributed by atoms with Gasteiger partial charge in [-0.05, 0) is 47.6 Å². The van der Waals surface area contributed by atoms with E-state index in [-0.39, 0.29) is 0 Å². The standard InChI is InChI=1S/C16H18S2/c17-15(13-16-11-6-12-18-16)10-5-4-9-14-7-2-1-3-8-14/h1-3,6-8,11-12H,4-5,9-10,13H2. The summed E-state index contributed by atoms with van der Waals surface area (Å²) in [5.74, 6) is 0. The Morgan fingerprint density at radius 3 is 2.56 bits per heavy atom. The highest BCUT2D eigenvalue weighted by molar-refractivity contribution is 7.80. The van der Waals surface area contributed by atoms with Gasteiger partial charge in [0, 0.05) is 11.3 Å². The molecule has 0 saturated heterocycles. The number of benzene rings is 1. The van der Waals surface area contributed by atoms with Gasteiger partial charge in [-0.1, -0.05) is 48.6 Å². The number of thiophene rings is 1. The second-order valence-corrected chi connectivity index (χ2v) is 6.10. The van der Waals surface area contributed by atoms with E-state index in [2.05, 4.69) is 47.8 Å². The van der Waals surface area contributed by atoms with Crippen molar-refractivity contribution in [3.8, 4) is 0 Å². The minimum atomic E-state index is 0.984. The summed E-state index contributed by atoms with van der Waals surface area (Å²) >= 11 is 7.24. The molecule has 2 heteroatoms. The third-order valence-corrected chi connectivity index (χ3v) is 4.19. The van der Waals surface area contributed by atoms with Gasteiger partial charge in [-0.25, -0.2) is 0 Å². The van der Waals surface area contributed by atoms with Gasteiger partial charge in [-0.15, -0.1) is 11.3 Å². The summed E-state index contributed by atoms with van der Waals surface area (Å²) in [6.07, 6.45) is 5.68. The summed E-state index contributed by atoms with van der Waals surface area (Å²) in [7, 11) is 0. The average Bonchev–Trinajstić information content (AvgIpc) is 2.89. The normalized spacial score (nSPS) is 10.4. The van der Waals surface area contributed by atoms with Gasteiger partial charge in [-0.2, -0.15) is 0 Å². The lowest BCUT2D eigenvalue weighted by atomic mass is 10.1. The molecule has 0 bridgehead atoms. The fraction of sp³-hybridized carbons (Fsp3) is 0.312. The van der Waals surface area contributed by atoms with Crippen LogP contribution in [0.3, 0.4) is 0 Å². The summed E-state index contributed by atoms with van der Waals surface area (Å²) in [5, 5.41) is 2.12. The van der Waals surface area contributed by atoms with Crippen LogP contribution in [0.4, 0.5) is 0 Å². The minimum absolute atomic E-state index is 0.984. The highest BCUT2D eigenvalue weighted by atomic mass is 32.1. The number of hydrogen-bond acceptors (Lipinski definition) is 2. The van der Waals surface area contributed by atoms with E-state index in [1.54, 1.807) is 11.3 Å². The molecule has 94 valence electrons. The minimum Gasteiger partial charge on any atom is -0.149 e. The molecular weight excluding hydrogens is 256 g/mol. The molecule has 0 atom stereocenters. The Morgan fingerprint density at radius 1 is 1.00 bits per heavy atom. The van der Waals surface area contributed by atoms with Crippen LogP contribution in [0.25, 0.3) is 0 Å². The third kappa shape index (κ3) is 4.71. The van der Waals surface area contributed by atoms with Crippen molar-refractivity contribution in [2.75, 3.05) is 0 Å². The molecule has 2 aromatic rings. The van der Waals surface area contributed by atoms with Crippen LogP contribution in [0.5, 0.6) is 0 Å². The molecule has 18 heavy (non-hydrogen) atoms. The van der Waals surface area contributed by atoms with Gasteiger partial charge in [0.05, 0.1) is 0 Å². The molecule has 0 amide bonds. The summed E-state index contributed by atoms with van der Waals surface area (Å²) in [4.78, 5) is 2.59. The lowest BCUT2D eigenvalue weighted by Gasteiger charge is -2.03. The summed E-state index contributed by atoms with van der Waals surface area (Å²) in [6, 6.07) is 14.9. The van der Waals surface area contributed by atoms with Crippen LogP contribution in [-0.4, -0.2) is 4.86 Å². The number of rotatable bonds is 7. The molecule has 1 aromatic heterocycles. The molecule has 0 nitrogen and oxygen atoms in total. The van der Waals surface area contributed by atoms with Crippen molar-refractivity contribution in [1.82, 2.24) is 0 Å². The van der Waals surface area contributed by atoms with E-state index in [4.69, 9.17) is 12.2 Å². The molecule has 2 rings (SSSR count). The first-order valence-electron chi connectivity index (χ1n) is 6.42. The van der Waals surface area contributed by atoms with Crippen LogP contribution in [0.15, 0.2) is 47.8 Å². The third-order valence-electron chi connectivity index (χ3n) is 2.97. The lowest BCUT2D eigenvalue weighted by Crippen LogP contribution is -1.98. The van der Waals surface area contributed by atoms with Crippen molar-refractivity contribution >= 4 is 28.4 Å². The molecule has 0 aliphatic rings. The van der Waals surface area contributed by atoms with Gasteiger partial charge >= 0.3 is 0 Å². The van der Waals surface area contributed by atoms with E-state index in [0.29, 0.717) is 0 Å². The number of hydrogen-bond donors (Lipinski definition) is 0. The van der Waals surface area contributed by atoms with E-state index in [9.17, 15) is 0 Å². The zero-order chi connectivity index (χ0) is 12.6. The van der Waals surface area contributed by atoms with E-state index in [1.165, 1.54) is 34.6 Å². The zero-order valence-corrected chi connectivity index (χ0v) is 12.1. The Balaban J connectivity index is 1.62. The van der Waals surface area contributed by atoms with Crippen LogP contribution in [0.2, 0.25) is 0 Å². The number of unbranched alkanes of at least 4 members (excludes halogenated alkanes) is 1. The first kappa shape index (κ1) is 13.4. The van der Waals surface area contributed by atoms with Gasteiger partial charge in [0.25, 0.3) is 0 Å². The van der Waals surface area contributed by atoms with Crippen molar-refractivity contribution < 1.29 is 0 Å². The Labute approximate surface area is 119 Å². The molecule has 0 fully saturated rings. The Kier molecular flexibility index (Phi) is 5.56. The van der Waals surface area contributed by atoms with E-state index >= 15 is 0 Å². The maximum atomic E-state index is 5.44. The molecule has 1 heterocycles. The predicted octanol–water partition coefficient (Wildman–Crippen LogP) is 5.07. The Hall–Kier alpha value is -0.990. The molecular formula is C16H18S2.